The fourth-order valence-corrected chi connectivity index (χ4v) is 5.85. The maximum atomic E-state index is 13.4. The molecule has 0 amide bonds. The van der Waals surface area contributed by atoms with Gasteiger partial charge in [0.1, 0.15) is 4.88 Å². The van der Waals surface area contributed by atoms with Crippen LogP contribution in [0.4, 0.5) is 11.4 Å². The molecule has 0 saturated carbocycles. The number of allylic oxidation sites excluding steroid dienone is 1. The summed E-state index contributed by atoms with van der Waals surface area (Å²) in [4.78, 5) is 13.2. The summed E-state index contributed by atoms with van der Waals surface area (Å²) in [6.45, 7) is 6.09. The van der Waals surface area contributed by atoms with E-state index in [9.17, 15) is 13.2 Å². The molecular formula is C23H22N2O3S2. The number of hydrogen-bond acceptors (Lipinski definition) is 5. The van der Waals surface area contributed by atoms with Crippen LogP contribution in [0.5, 0.6) is 0 Å². The van der Waals surface area contributed by atoms with Crippen molar-refractivity contribution >= 4 is 38.5 Å². The van der Waals surface area contributed by atoms with Gasteiger partial charge in [-0.2, -0.15) is 0 Å². The van der Waals surface area contributed by atoms with Crippen molar-refractivity contribution in [2.24, 2.45) is 0 Å². The van der Waals surface area contributed by atoms with Crippen molar-refractivity contribution in [3.05, 3.63) is 92.1 Å². The number of carbonyl (C=O) groups excluding carboxylic acids is 1. The lowest BCUT2D eigenvalue weighted by Crippen LogP contribution is -2.38. The number of ketones is 1. The third-order valence-corrected chi connectivity index (χ3v) is 7.99. The number of anilines is 2. The normalized spacial score (nSPS) is 16.6. The van der Waals surface area contributed by atoms with Crippen molar-refractivity contribution in [2.75, 3.05) is 9.62 Å². The predicted molar refractivity (Wildman–Crippen MR) is 123 cm³/mol. The Morgan fingerprint density at radius 1 is 1.03 bits per heavy atom. The van der Waals surface area contributed by atoms with Gasteiger partial charge in [-0.25, -0.2) is 8.42 Å². The number of rotatable bonds is 4. The molecule has 30 heavy (non-hydrogen) atoms. The van der Waals surface area contributed by atoms with E-state index in [-0.39, 0.29) is 11.4 Å². The number of aryl methyl sites for hydroxylation is 2. The summed E-state index contributed by atoms with van der Waals surface area (Å²) < 4.78 is 28.2. The molecule has 0 fully saturated rings. The van der Waals surface area contributed by atoms with Crippen molar-refractivity contribution in [1.82, 2.24) is 0 Å². The van der Waals surface area contributed by atoms with E-state index in [1.54, 1.807) is 11.4 Å². The standard InChI is InChI=1S/C23H22N2O3S2/c1-15-7-9-18(10-8-15)14-25-20-11-12-29-23(20)22(26)21(30(25,27)28)13-24-19-6-4-5-16(2)17(19)3/h4-13,24H,14H2,1-3H3. The first-order valence-corrected chi connectivity index (χ1v) is 11.8. The molecule has 2 aromatic carbocycles. The number of sulfonamides is 1. The van der Waals surface area contributed by atoms with Gasteiger partial charge >= 0.3 is 0 Å². The maximum absolute atomic E-state index is 13.4. The summed E-state index contributed by atoms with van der Waals surface area (Å²) in [5, 5.41) is 4.79. The van der Waals surface area contributed by atoms with Gasteiger partial charge in [-0.1, -0.05) is 42.0 Å². The number of Topliss-reactive ketones (excluding diaryl/α,β-unsaturated/α-hetero) is 1. The lowest BCUT2D eigenvalue weighted by molar-refractivity contribution is 0.104. The highest BCUT2D eigenvalue weighted by Crippen LogP contribution is 2.39. The summed E-state index contributed by atoms with van der Waals surface area (Å²) >= 11 is 1.26. The average Bonchev–Trinajstić information content (AvgIpc) is 3.19. The average molecular weight is 439 g/mol. The van der Waals surface area contributed by atoms with Crippen LogP contribution >= 0.6 is 11.3 Å². The first-order chi connectivity index (χ1) is 14.3. The smallest absolute Gasteiger partial charge is 0.270 e. The third-order valence-electron chi connectivity index (χ3n) is 5.32. The molecule has 0 bridgehead atoms. The number of hydrogen-bond donors (Lipinski definition) is 1. The number of benzene rings is 2. The van der Waals surface area contributed by atoms with Crippen LogP contribution in [0.25, 0.3) is 0 Å². The van der Waals surface area contributed by atoms with Crippen LogP contribution in [0.1, 0.15) is 31.9 Å². The van der Waals surface area contributed by atoms with Crippen LogP contribution in [0, 0.1) is 20.8 Å². The number of nitrogens with zero attached hydrogens (tertiary/aromatic N) is 1. The molecule has 2 heterocycles. The monoisotopic (exact) mass is 438 g/mol. The first-order valence-electron chi connectivity index (χ1n) is 9.52. The van der Waals surface area contributed by atoms with Crippen molar-refractivity contribution in [1.29, 1.82) is 0 Å². The number of fused-ring (bicyclic) bond motifs is 1. The Morgan fingerprint density at radius 3 is 2.50 bits per heavy atom. The Hall–Kier alpha value is -2.90. The van der Waals surface area contributed by atoms with Gasteiger partial charge in [-0.05, 0) is 55.0 Å². The Morgan fingerprint density at radius 2 is 1.77 bits per heavy atom. The molecule has 0 spiro atoms. The minimum atomic E-state index is -4.01. The van der Waals surface area contributed by atoms with Gasteiger partial charge in [0.25, 0.3) is 10.0 Å². The van der Waals surface area contributed by atoms with Gasteiger partial charge in [0, 0.05) is 11.9 Å². The lowest BCUT2D eigenvalue weighted by Gasteiger charge is -2.29. The first kappa shape index (κ1) is 20.4. The Balaban J connectivity index is 1.75. The molecular weight excluding hydrogens is 416 g/mol. The molecule has 154 valence electrons. The van der Waals surface area contributed by atoms with Gasteiger partial charge in [-0.3, -0.25) is 9.10 Å². The molecule has 1 aromatic heterocycles. The second-order valence-electron chi connectivity index (χ2n) is 7.36. The van der Waals surface area contributed by atoms with Gasteiger partial charge in [0.15, 0.2) is 4.91 Å². The molecule has 4 rings (SSSR count). The molecule has 0 unspecified atom stereocenters. The van der Waals surface area contributed by atoms with Crippen LogP contribution in [-0.4, -0.2) is 14.2 Å². The molecule has 3 aromatic rings. The van der Waals surface area contributed by atoms with Crippen LogP contribution in [-0.2, 0) is 16.6 Å². The minimum absolute atomic E-state index is 0.167. The van der Waals surface area contributed by atoms with Crippen LogP contribution < -0.4 is 9.62 Å². The third kappa shape index (κ3) is 3.55. The molecule has 1 aliphatic rings. The zero-order chi connectivity index (χ0) is 21.5. The quantitative estimate of drug-likeness (QED) is 0.572. The molecule has 1 N–H and O–H groups in total. The molecule has 0 atom stereocenters. The molecule has 0 radical (unpaired) electrons. The van der Waals surface area contributed by atoms with Gasteiger partial charge in [0.2, 0.25) is 5.78 Å². The van der Waals surface area contributed by atoms with E-state index >= 15 is 0 Å². The largest absolute Gasteiger partial charge is 0.360 e. The highest BCUT2D eigenvalue weighted by atomic mass is 32.2. The summed E-state index contributed by atoms with van der Waals surface area (Å²) in [5.41, 5.74) is 5.26. The fourth-order valence-electron chi connectivity index (χ4n) is 3.37. The Labute approximate surface area is 180 Å². The fraction of sp³-hybridized carbons (Fsp3) is 0.174. The lowest BCUT2D eigenvalue weighted by atomic mass is 10.1. The van der Waals surface area contributed by atoms with E-state index in [2.05, 4.69) is 5.32 Å². The van der Waals surface area contributed by atoms with E-state index in [0.717, 1.165) is 27.9 Å². The highest BCUT2D eigenvalue weighted by molar-refractivity contribution is 7.97. The van der Waals surface area contributed by atoms with Crippen molar-refractivity contribution < 1.29 is 13.2 Å². The Kier molecular flexibility index (Phi) is 5.26. The second kappa shape index (κ2) is 7.74. The number of nitrogens with one attached hydrogen (secondary N) is 1. The predicted octanol–water partition coefficient (Wildman–Crippen LogP) is 5.16. The van der Waals surface area contributed by atoms with Gasteiger partial charge < -0.3 is 5.32 Å². The molecule has 0 aliphatic carbocycles. The summed E-state index contributed by atoms with van der Waals surface area (Å²) in [7, 11) is -4.01. The SMILES string of the molecule is Cc1ccc(CN2c3ccsc3C(=O)C(=CNc3cccc(C)c3C)S2(=O)=O)cc1. The van der Waals surface area contributed by atoms with E-state index in [4.69, 9.17) is 0 Å². The highest BCUT2D eigenvalue weighted by Gasteiger charge is 2.41. The summed E-state index contributed by atoms with van der Waals surface area (Å²) in [5.74, 6) is -0.474. The zero-order valence-corrected chi connectivity index (χ0v) is 18.6. The molecule has 7 heteroatoms. The van der Waals surface area contributed by atoms with Gasteiger partial charge in [0.05, 0.1) is 12.2 Å². The summed E-state index contributed by atoms with van der Waals surface area (Å²) in [6, 6.07) is 15.1. The van der Waals surface area contributed by atoms with E-state index < -0.39 is 15.8 Å². The number of thiophene rings is 1. The van der Waals surface area contributed by atoms with Crippen LogP contribution in [0.15, 0.2) is 65.0 Å². The van der Waals surface area contributed by atoms with Crippen LogP contribution in [0.2, 0.25) is 0 Å². The van der Waals surface area contributed by atoms with Crippen molar-refractivity contribution in [3.63, 3.8) is 0 Å². The van der Waals surface area contributed by atoms with Crippen molar-refractivity contribution in [3.8, 4) is 0 Å². The van der Waals surface area contributed by atoms with Gasteiger partial charge in [-0.15, -0.1) is 11.3 Å². The van der Waals surface area contributed by atoms with E-state index in [1.807, 2.05) is 63.2 Å². The van der Waals surface area contributed by atoms with E-state index in [1.165, 1.54) is 21.8 Å². The minimum Gasteiger partial charge on any atom is -0.360 e. The topological polar surface area (TPSA) is 66.5 Å². The number of carbonyl (C=O) groups is 1. The van der Waals surface area contributed by atoms with Crippen molar-refractivity contribution in [2.45, 2.75) is 27.3 Å². The Bertz CT molecular complexity index is 1260. The molecule has 1 aliphatic heterocycles. The van der Waals surface area contributed by atoms with E-state index in [0.29, 0.717) is 10.6 Å². The molecule has 0 saturated heterocycles. The second-order valence-corrected chi connectivity index (χ2v) is 10.1. The summed E-state index contributed by atoms with van der Waals surface area (Å²) in [6.07, 6.45) is 1.32. The molecule has 5 nitrogen and oxygen atoms in total. The maximum Gasteiger partial charge on any atom is 0.270 e. The zero-order valence-electron chi connectivity index (χ0n) is 17.0. The van der Waals surface area contributed by atoms with Crippen LogP contribution in [0.3, 0.4) is 0 Å².